The second-order valence-corrected chi connectivity index (χ2v) is 6.06. The molecule has 0 heterocycles. The van der Waals surface area contributed by atoms with Crippen molar-refractivity contribution in [1.29, 1.82) is 0 Å². The van der Waals surface area contributed by atoms with Crippen molar-refractivity contribution in [2.24, 2.45) is 0 Å². The van der Waals surface area contributed by atoms with Gasteiger partial charge in [-0.3, -0.25) is 14.6 Å². The first kappa shape index (κ1) is 18.4. The maximum absolute atomic E-state index is 13.4. The first-order valence-corrected chi connectivity index (χ1v) is 8.50. The number of carbonyl (C=O) groups excluding carboxylic acids is 2. The second-order valence-electron chi connectivity index (χ2n) is 6.06. The van der Waals surface area contributed by atoms with Gasteiger partial charge in [0.15, 0.2) is 6.29 Å². The van der Waals surface area contributed by atoms with E-state index in [1.807, 2.05) is 18.2 Å². The SMILES string of the molecule is CN(C(=O)N(c1ccccc1)C(O)(C=O)c1ccccc1)c1ccccc1. The lowest BCUT2D eigenvalue weighted by molar-refractivity contribution is -0.124. The fraction of sp³-hybridized carbons (Fsp3) is 0.0909. The fourth-order valence-electron chi connectivity index (χ4n) is 2.88. The summed E-state index contributed by atoms with van der Waals surface area (Å²) in [4.78, 5) is 27.9. The van der Waals surface area contributed by atoms with E-state index < -0.39 is 11.8 Å². The summed E-state index contributed by atoms with van der Waals surface area (Å²) in [5.74, 6) is 0. The molecule has 0 bridgehead atoms. The molecule has 5 heteroatoms. The van der Waals surface area contributed by atoms with Crippen LogP contribution in [0.3, 0.4) is 0 Å². The number of hydrogen-bond acceptors (Lipinski definition) is 3. The lowest BCUT2D eigenvalue weighted by atomic mass is 10.0. The van der Waals surface area contributed by atoms with Crippen LogP contribution in [0.15, 0.2) is 91.0 Å². The quantitative estimate of drug-likeness (QED) is 0.556. The van der Waals surface area contributed by atoms with E-state index in [1.165, 1.54) is 4.90 Å². The molecule has 3 aromatic carbocycles. The van der Waals surface area contributed by atoms with Crippen molar-refractivity contribution in [3.8, 4) is 0 Å². The lowest BCUT2D eigenvalue weighted by Gasteiger charge is -2.38. The number of rotatable bonds is 5. The highest BCUT2D eigenvalue weighted by atomic mass is 16.3. The molecule has 1 N–H and O–H groups in total. The van der Waals surface area contributed by atoms with Crippen LogP contribution in [0.1, 0.15) is 5.56 Å². The van der Waals surface area contributed by atoms with Gasteiger partial charge in [-0.1, -0.05) is 66.7 Å². The van der Waals surface area contributed by atoms with Gasteiger partial charge in [-0.15, -0.1) is 0 Å². The van der Waals surface area contributed by atoms with Gasteiger partial charge in [-0.05, 0) is 24.3 Å². The van der Waals surface area contributed by atoms with Crippen LogP contribution in [0.2, 0.25) is 0 Å². The van der Waals surface area contributed by atoms with Crippen LogP contribution >= 0.6 is 0 Å². The second kappa shape index (κ2) is 7.85. The number of hydrogen-bond donors (Lipinski definition) is 1. The van der Waals surface area contributed by atoms with Gasteiger partial charge in [0.2, 0.25) is 5.72 Å². The zero-order valence-corrected chi connectivity index (χ0v) is 14.9. The third-order valence-corrected chi connectivity index (χ3v) is 4.34. The smallest absolute Gasteiger partial charge is 0.331 e. The van der Waals surface area contributed by atoms with E-state index >= 15 is 0 Å². The monoisotopic (exact) mass is 360 g/mol. The van der Waals surface area contributed by atoms with E-state index in [1.54, 1.807) is 79.8 Å². The van der Waals surface area contributed by atoms with Gasteiger partial charge in [-0.2, -0.15) is 0 Å². The summed E-state index contributed by atoms with van der Waals surface area (Å²) < 4.78 is 0. The van der Waals surface area contributed by atoms with Crippen LogP contribution in [-0.2, 0) is 10.5 Å². The van der Waals surface area contributed by atoms with E-state index in [0.29, 0.717) is 23.2 Å². The largest absolute Gasteiger partial charge is 0.361 e. The number of para-hydroxylation sites is 2. The summed E-state index contributed by atoms with van der Waals surface area (Å²) in [5, 5.41) is 11.3. The van der Waals surface area contributed by atoms with Gasteiger partial charge in [0.05, 0.1) is 0 Å². The minimum Gasteiger partial charge on any atom is -0.361 e. The maximum atomic E-state index is 13.4. The molecule has 0 fully saturated rings. The average Bonchev–Trinajstić information content (AvgIpc) is 2.75. The third kappa shape index (κ3) is 3.59. The van der Waals surface area contributed by atoms with Gasteiger partial charge in [0.25, 0.3) is 0 Å². The van der Waals surface area contributed by atoms with Crippen LogP contribution in [0.5, 0.6) is 0 Å². The first-order valence-electron chi connectivity index (χ1n) is 8.50. The lowest BCUT2D eigenvalue weighted by Crippen LogP contribution is -2.55. The summed E-state index contributed by atoms with van der Waals surface area (Å²) in [6.07, 6.45) is 0.381. The van der Waals surface area contributed by atoms with Gasteiger partial charge in [0.1, 0.15) is 0 Å². The molecule has 27 heavy (non-hydrogen) atoms. The normalized spacial score (nSPS) is 12.7. The van der Waals surface area contributed by atoms with Crippen molar-refractivity contribution in [2.75, 3.05) is 16.8 Å². The summed E-state index contributed by atoms with van der Waals surface area (Å²) >= 11 is 0. The number of nitrogens with zero attached hydrogens (tertiary/aromatic N) is 2. The van der Waals surface area contributed by atoms with E-state index in [4.69, 9.17) is 0 Å². The molecule has 0 saturated carbocycles. The molecule has 3 aromatic rings. The third-order valence-electron chi connectivity index (χ3n) is 4.34. The van der Waals surface area contributed by atoms with Gasteiger partial charge in [0, 0.05) is 24.0 Å². The summed E-state index contributed by atoms with van der Waals surface area (Å²) in [6, 6.07) is 25.6. The number of urea groups is 1. The van der Waals surface area contributed by atoms with Crippen LogP contribution < -0.4 is 9.80 Å². The highest BCUT2D eigenvalue weighted by Gasteiger charge is 2.42. The molecule has 0 aliphatic carbocycles. The summed E-state index contributed by atoms with van der Waals surface area (Å²) in [5.41, 5.74) is -0.796. The number of amides is 2. The minimum atomic E-state index is -2.15. The van der Waals surface area contributed by atoms with E-state index in [-0.39, 0.29) is 0 Å². The molecule has 1 unspecified atom stereocenters. The average molecular weight is 360 g/mol. The Bertz CT molecular complexity index is 901. The molecule has 0 saturated heterocycles. The molecule has 0 aliphatic heterocycles. The van der Waals surface area contributed by atoms with Crippen LogP contribution in [0, 0.1) is 0 Å². The van der Waals surface area contributed by atoms with Crippen molar-refractivity contribution in [1.82, 2.24) is 0 Å². The van der Waals surface area contributed by atoms with Crippen LogP contribution in [0.4, 0.5) is 16.2 Å². The van der Waals surface area contributed by atoms with Crippen molar-refractivity contribution in [3.05, 3.63) is 96.6 Å². The predicted octanol–water partition coefficient (Wildman–Crippen LogP) is 3.79. The molecular weight excluding hydrogens is 340 g/mol. The number of aldehydes is 1. The Morgan fingerprint density at radius 3 is 1.74 bits per heavy atom. The van der Waals surface area contributed by atoms with Gasteiger partial charge < -0.3 is 5.11 Å². The highest BCUT2D eigenvalue weighted by Crippen LogP contribution is 2.31. The van der Waals surface area contributed by atoms with Crippen molar-refractivity contribution >= 4 is 23.7 Å². The number of carbonyl (C=O) groups is 2. The molecule has 0 spiro atoms. The molecular formula is C22H20N2O3. The molecule has 136 valence electrons. The molecule has 1 atom stereocenters. The minimum absolute atomic E-state index is 0.304. The summed E-state index contributed by atoms with van der Waals surface area (Å²) in [7, 11) is 1.60. The maximum Gasteiger partial charge on any atom is 0.331 e. The Hall–Kier alpha value is -3.44. The molecule has 0 aliphatic rings. The zero-order chi connectivity index (χ0) is 19.3. The number of benzene rings is 3. The molecule has 2 amide bonds. The van der Waals surface area contributed by atoms with E-state index in [2.05, 4.69) is 0 Å². The molecule has 0 radical (unpaired) electrons. The number of aliphatic hydroxyl groups is 1. The Labute approximate surface area is 158 Å². The zero-order valence-electron chi connectivity index (χ0n) is 14.9. The van der Waals surface area contributed by atoms with Crippen LogP contribution in [-0.4, -0.2) is 24.5 Å². The Morgan fingerprint density at radius 1 is 0.815 bits per heavy atom. The van der Waals surface area contributed by atoms with Gasteiger partial charge >= 0.3 is 6.03 Å². The van der Waals surface area contributed by atoms with Crippen molar-refractivity contribution in [3.63, 3.8) is 0 Å². The molecule has 0 aromatic heterocycles. The van der Waals surface area contributed by atoms with Crippen molar-refractivity contribution in [2.45, 2.75) is 5.72 Å². The first-order chi connectivity index (χ1) is 13.1. The highest BCUT2D eigenvalue weighted by molar-refractivity contribution is 6.06. The molecule has 5 nitrogen and oxygen atoms in total. The molecule has 3 rings (SSSR count). The Morgan fingerprint density at radius 2 is 1.26 bits per heavy atom. The van der Waals surface area contributed by atoms with E-state index in [0.717, 1.165) is 4.90 Å². The topological polar surface area (TPSA) is 60.9 Å². The van der Waals surface area contributed by atoms with Crippen LogP contribution in [0.25, 0.3) is 0 Å². The van der Waals surface area contributed by atoms with Crippen molar-refractivity contribution < 1.29 is 14.7 Å². The van der Waals surface area contributed by atoms with Gasteiger partial charge in [-0.25, -0.2) is 4.79 Å². The Kier molecular flexibility index (Phi) is 5.33. The number of anilines is 2. The summed E-state index contributed by atoms with van der Waals surface area (Å²) in [6.45, 7) is 0. The predicted molar refractivity (Wildman–Crippen MR) is 106 cm³/mol. The van der Waals surface area contributed by atoms with E-state index in [9.17, 15) is 14.7 Å². The Balaban J connectivity index is 2.12. The fourth-order valence-corrected chi connectivity index (χ4v) is 2.88. The standard InChI is InChI=1S/C22H20N2O3/c1-23(19-13-7-3-8-14-19)21(26)24(20-15-9-4-10-16-20)22(27,17-25)18-11-5-2-6-12-18/h2-17,27H,1H3.